The van der Waals surface area contributed by atoms with E-state index in [2.05, 4.69) is 52.4 Å². The van der Waals surface area contributed by atoms with Gasteiger partial charge in [-0.15, -0.1) is 11.8 Å². The molecule has 1 aromatic carbocycles. The number of methoxy groups -OCH3 is 1. The Hall–Kier alpha value is -0.0300. The Morgan fingerprint density at radius 3 is 2.71 bits per heavy atom. The van der Waals surface area contributed by atoms with Gasteiger partial charge in [0.05, 0.1) is 0 Å². The van der Waals surface area contributed by atoms with Crippen LogP contribution in [-0.4, -0.2) is 32.1 Å². The first-order chi connectivity index (χ1) is 8.22. The van der Waals surface area contributed by atoms with Gasteiger partial charge in [-0.05, 0) is 37.2 Å². The van der Waals surface area contributed by atoms with Crippen molar-refractivity contribution in [3.63, 3.8) is 0 Å². The fourth-order valence-corrected chi connectivity index (χ4v) is 2.66. The van der Waals surface area contributed by atoms with Crippen molar-refractivity contribution in [3.05, 3.63) is 28.7 Å². The van der Waals surface area contributed by atoms with E-state index in [1.165, 1.54) is 4.90 Å². The van der Waals surface area contributed by atoms with Gasteiger partial charge in [-0.2, -0.15) is 0 Å². The fourth-order valence-electron chi connectivity index (χ4n) is 1.43. The van der Waals surface area contributed by atoms with E-state index >= 15 is 0 Å². The van der Waals surface area contributed by atoms with Crippen LogP contribution in [0.4, 0.5) is 0 Å². The van der Waals surface area contributed by atoms with Gasteiger partial charge >= 0.3 is 0 Å². The van der Waals surface area contributed by atoms with Crippen LogP contribution in [0.5, 0.6) is 0 Å². The lowest BCUT2D eigenvalue weighted by Gasteiger charge is -2.12. The summed E-state index contributed by atoms with van der Waals surface area (Å²) < 4.78 is 6.14. The molecule has 96 valence electrons. The van der Waals surface area contributed by atoms with Crippen molar-refractivity contribution in [2.75, 3.05) is 26.8 Å². The molecule has 0 saturated carbocycles. The van der Waals surface area contributed by atoms with Crippen LogP contribution in [0.2, 0.25) is 0 Å². The van der Waals surface area contributed by atoms with Crippen molar-refractivity contribution >= 4 is 27.7 Å². The summed E-state index contributed by atoms with van der Waals surface area (Å²) in [7, 11) is 1.74. The summed E-state index contributed by atoms with van der Waals surface area (Å²) in [6.45, 7) is 5.14. The van der Waals surface area contributed by atoms with Crippen molar-refractivity contribution in [2.45, 2.75) is 23.5 Å². The van der Waals surface area contributed by atoms with Gasteiger partial charge in [0.25, 0.3) is 0 Å². The number of halogens is 1. The second kappa shape index (κ2) is 8.97. The van der Waals surface area contributed by atoms with E-state index in [1.54, 1.807) is 7.11 Å². The number of nitrogens with one attached hydrogen (secondary N) is 1. The maximum absolute atomic E-state index is 5.01. The lowest BCUT2D eigenvalue weighted by atomic mass is 10.4. The second-order valence-electron chi connectivity index (χ2n) is 3.93. The van der Waals surface area contributed by atoms with Crippen LogP contribution in [-0.2, 0) is 4.74 Å². The van der Waals surface area contributed by atoms with E-state index in [-0.39, 0.29) is 0 Å². The summed E-state index contributed by atoms with van der Waals surface area (Å²) in [6, 6.07) is 8.47. The highest BCUT2D eigenvalue weighted by atomic mass is 79.9. The Bertz CT molecular complexity index is 305. The molecular formula is C13H20BrNOS. The second-order valence-corrected chi connectivity index (χ2v) is 6.36. The van der Waals surface area contributed by atoms with E-state index in [0.717, 1.165) is 30.6 Å². The van der Waals surface area contributed by atoms with E-state index in [0.29, 0.717) is 5.25 Å². The van der Waals surface area contributed by atoms with Crippen molar-refractivity contribution in [3.8, 4) is 0 Å². The average molecular weight is 318 g/mol. The van der Waals surface area contributed by atoms with Crippen molar-refractivity contribution in [1.29, 1.82) is 0 Å². The molecule has 0 saturated heterocycles. The predicted molar refractivity (Wildman–Crippen MR) is 78.8 cm³/mol. The van der Waals surface area contributed by atoms with E-state index in [1.807, 2.05) is 11.8 Å². The van der Waals surface area contributed by atoms with E-state index in [9.17, 15) is 0 Å². The van der Waals surface area contributed by atoms with Crippen LogP contribution in [0.3, 0.4) is 0 Å². The summed E-state index contributed by atoms with van der Waals surface area (Å²) >= 11 is 5.35. The number of rotatable bonds is 8. The largest absolute Gasteiger partial charge is 0.385 e. The number of benzene rings is 1. The number of ether oxygens (including phenoxy) is 1. The van der Waals surface area contributed by atoms with Crippen LogP contribution in [0.15, 0.2) is 33.6 Å². The molecule has 0 aliphatic heterocycles. The number of hydrogen-bond donors (Lipinski definition) is 1. The minimum absolute atomic E-state index is 0.582. The van der Waals surface area contributed by atoms with Crippen LogP contribution in [0.1, 0.15) is 13.3 Å². The molecule has 0 heterocycles. The van der Waals surface area contributed by atoms with E-state index < -0.39 is 0 Å². The highest BCUT2D eigenvalue weighted by molar-refractivity contribution is 9.10. The molecule has 0 aliphatic carbocycles. The van der Waals surface area contributed by atoms with Gasteiger partial charge in [0.1, 0.15) is 0 Å². The Balaban J connectivity index is 2.16. The third-order valence-corrected chi connectivity index (χ3v) is 3.93. The topological polar surface area (TPSA) is 21.3 Å². The Kier molecular flexibility index (Phi) is 7.93. The Morgan fingerprint density at radius 2 is 2.06 bits per heavy atom. The quantitative estimate of drug-likeness (QED) is 0.585. The molecule has 0 radical (unpaired) electrons. The van der Waals surface area contributed by atoms with E-state index in [4.69, 9.17) is 4.74 Å². The zero-order chi connectivity index (χ0) is 12.5. The van der Waals surface area contributed by atoms with Gasteiger partial charge in [-0.25, -0.2) is 0 Å². The monoisotopic (exact) mass is 317 g/mol. The minimum atomic E-state index is 0.582. The van der Waals surface area contributed by atoms with Crippen molar-refractivity contribution in [1.82, 2.24) is 5.32 Å². The van der Waals surface area contributed by atoms with Gasteiger partial charge in [-0.3, -0.25) is 0 Å². The molecule has 4 heteroatoms. The summed E-state index contributed by atoms with van der Waals surface area (Å²) in [4.78, 5) is 1.32. The van der Waals surface area contributed by atoms with Gasteiger partial charge in [0, 0.05) is 34.9 Å². The molecule has 0 aliphatic rings. The minimum Gasteiger partial charge on any atom is -0.385 e. The van der Waals surface area contributed by atoms with Crippen LogP contribution >= 0.6 is 27.7 Å². The van der Waals surface area contributed by atoms with Crippen molar-refractivity contribution < 1.29 is 4.74 Å². The molecule has 0 spiro atoms. The normalized spacial score (nSPS) is 12.6. The third kappa shape index (κ3) is 7.09. The first-order valence-electron chi connectivity index (χ1n) is 5.84. The molecule has 2 nitrogen and oxygen atoms in total. The lowest BCUT2D eigenvalue weighted by molar-refractivity contribution is 0.194. The molecule has 0 bridgehead atoms. The fraction of sp³-hybridized carbons (Fsp3) is 0.538. The summed E-state index contributed by atoms with van der Waals surface area (Å²) in [5.74, 6) is 0. The Labute approximate surface area is 117 Å². The summed E-state index contributed by atoms with van der Waals surface area (Å²) in [6.07, 6.45) is 1.08. The first kappa shape index (κ1) is 15.0. The van der Waals surface area contributed by atoms with Crippen LogP contribution < -0.4 is 5.32 Å². The maximum atomic E-state index is 5.01. The van der Waals surface area contributed by atoms with Gasteiger partial charge in [-0.1, -0.05) is 22.9 Å². The molecule has 1 rings (SSSR count). The standard InChI is InChI=1S/C13H20BrNOS/c1-11(10-15-8-3-9-16-2)17-13-6-4-12(14)5-7-13/h4-7,11,15H,3,8-10H2,1-2H3. The SMILES string of the molecule is COCCCNCC(C)Sc1ccc(Br)cc1. The molecule has 0 aromatic heterocycles. The predicted octanol–water partition coefficient (Wildman–Crippen LogP) is 3.56. The van der Waals surface area contributed by atoms with Crippen LogP contribution in [0, 0.1) is 0 Å². The molecule has 1 atom stereocenters. The van der Waals surface area contributed by atoms with Gasteiger partial charge < -0.3 is 10.1 Å². The summed E-state index contributed by atoms with van der Waals surface area (Å²) in [5.41, 5.74) is 0. The average Bonchev–Trinajstić information content (AvgIpc) is 2.32. The molecule has 1 aromatic rings. The molecule has 1 N–H and O–H groups in total. The highest BCUT2D eigenvalue weighted by Gasteiger charge is 2.03. The smallest absolute Gasteiger partial charge is 0.0474 e. The third-order valence-electron chi connectivity index (χ3n) is 2.28. The Morgan fingerprint density at radius 1 is 1.35 bits per heavy atom. The van der Waals surface area contributed by atoms with Gasteiger partial charge in [0.2, 0.25) is 0 Å². The van der Waals surface area contributed by atoms with Crippen molar-refractivity contribution in [2.24, 2.45) is 0 Å². The molecule has 17 heavy (non-hydrogen) atoms. The summed E-state index contributed by atoms with van der Waals surface area (Å²) in [5, 5.41) is 4.02. The highest BCUT2D eigenvalue weighted by Crippen LogP contribution is 2.24. The molecule has 1 unspecified atom stereocenters. The lowest BCUT2D eigenvalue weighted by Crippen LogP contribution is -2.24. The number of thioether (sulfide) groups is 1. The zero-order valence-electron chi connectivity index (χ0n) is 10.4. The zero-order valence-corrected chi connectivity index (χ0v) is 12.8. The maximum Gasteiger partial charge on any atom is 0.0474 e. The molecule has 0 fully saturated rings. The molecule has 0 amide bonds. The number of hydrogen-bond acceptors (Lipinski definition) is 3. The van der Waals surface area contributed by atoms with Crippen LogP contribution in [0.25, 0.3) is 0 Å². The van der Waals surface area contributed by atoms with Gasteiger partial charge in [0.15, 0.2) is 0 Å². The molecular weight excluding hydrogens is 298 g/mol. The first-order valence-corrected chi connectivity index (χ1v) is 7.51.